The number of aromatic nitrogens is 3. The van der Waals surface area contributed by atoms with Crippen molar-refractivity contribution in [3.8, 4) is 10.4 Å². The Hall–Kier alpha value is -2.40. The van der Waals surface area contributed by atoms with Crippen LogP contribution < -0.4 is 5.56 Å². The first-order valence-electron chi connectivity index (χ1n) is 9.64. The molecule has 4 aromatic heterocycles. The number of carbonyl (C=O) groups excluding carboxylic acids is 1. The van der Waals surface area contributed by atoms with Crippen molar-refractivity contribution < 1.29 is 9.53 Å². The lowest BCUT2D eigenvalue weighted by Gasteiger charge is -2.15. The van der Waals surface area contributed by atoms with Crippen molar-refractivity contribution in [2.75, 3.05) is 14.2 Å². The number of H-pyrrole nitrogens is 1. The number of nitrogens with one attached hydrogen (secondary N) is 1. The molecule has 31 heavy (non-hydrogen) atoms. The number of hydrogen-bond acceptors (Lipinski definition) is 8. The zero-order valence-corrected chi connectivity index (χ0v) is 20.0. The number of fused-ring (bicyclic) bond motifs is 1. The van der Waals surface area contributed by atoms with Gasteiger partial charge in [0.2, 0.25) is 5.91 Å². The lowest BCUT2D eigenvalue weighted by atomic mass is 10.2. The van der Waals surface area contributed by atoms with Gasteiger partial charge in [0, 0.05) is 40.2 Å². The van der Waals surface area contributed by atoms with E-state index in [9.17, 15) is 9.59 Å². The van der Waals surface area contributed by atoms with Gasteiger partial charge < -0.3 is 14.6 Å². The highest BCUT2D eigenvalue weighted by Gasteiger charge is 2.18. The molecule has 1 N–H and O–H groups in total. The maximum Gasteiger partial charge on any atom is 0.260 e. The first-order chi connectivity index (χ1) is 14.9. The fraction of sp³-hybridized carbons (Fsp3) is 0.333. The molecule has 10 heteroatoms. The number of likely N-dealkylation sites (N-methyl/N-ethyl adjacent to an activating group) is 1. The lowest BCUT2D eigenvalue weighted by Crippen LogP contribution is -2.29. The molecular weight excluding hydrogens is 452 g/mol. The molecule has 7 nitrogen and oxygen atoms in total. The zero-order chi connectivity index (χ0) is 22.1. The summed E-state index contributed by atoms with van der Waals surface area (Å²) in [6.07, 6.45) is -0.0482. The van der Waals surface area contributed by atoms with E-state index in [1.54, 1.807) is 30.4 Å². The van der Waals surface area contributed by atoms with E-state index < -0.39 is 0 Å². The van der Waals surface area contributed by atoms with Crippen LogP contribution in [0.1, 0.15) is 34.4 Å². The van der Waals surface area contributed by atoms with Gasteiger partial charge in [-0.05, 0) is 26.0 Å². The van der Waals surface area contributed by atoms with Crippen molar-refractivity contribution in [3.63, 3.8) is 0 Å². The summed E-state index contributed by atoms with van der Waals surface area (Å²) < 4.78 is 5.29. The van der Waals surface area contributed by atoms with E-state index in [-0.39, 0.29) is 24.0 Å². The van der Waals surface area contributed by atoms with Gasteiger partial charge in [0.25, 0.3) is 5.56 Å². The van der Waals surface area contributed by atoms with Crippen LogP contribution in [0, 0.1) is 6.92 Å². The van der Waals surface area contributed by atoms with Crippen LogP contribution in [0.2, 0.25) is 0 Å². The van der Waals surface area contributed by atoms with Crippen LogP contribution in [0.5, 0.6) is 0 Å². The number of hydrogen-bond donors (Lipinski definition) is 1. The molecule has 4 rings (SSSR count). The van der Waals surface area contributed by atoms with Crippen molar-refractivity contribution in [2.24, 2.45) is 0 Å². The monoisotopic (exact) mass is 474 g/mol. The molecule has 0 spiro atoms. The minimum absolute atomic E-state index is 0.0263. The summed E-state index contributed by atoms with van der Waals surface area (Å²) in [5.41, 5.74) is 1.49. The number of amides is 1. The van der Waals surface area contributed by atoms with Gasteiger partial charge in [0.05, 0.1) is 24.0 Å². The molecule has 0 radical (unpaired) electrons. The molecule has 0 aliphatic heterocycles. The molecular formula is C21H22N4O3S3. The Labute approximate surface area is 191 Å². The second kappa shape index (κ2) is 8.99. The number of thiazole rings is 1. The van der Waals surface area contributed by atoms with E-state index in [0.29, 0.717) is 22.6 Å². The Morgan fingerprint density at radius 2 is 2.06 bits per heavy atom. The van der Waals surface area contributed by atoms with Gasteiger partial charge >= 0.3 is 0 Å². The number of aromatic amines is 1. The van der Waals surface area contributed by atoms with Crippen molar-refractivity contribution >= 4 is 50.1 Å². The van der Waals surface area contributed by atoms with E-state index in [1.807, 2.05) is 36.7 Å². The van der Waals surface area contributed by atoms with Crippen LogP contribution in [-0.2, 0) is 22.5 Å². The summed E-state index contributed by atoms with van der Waals surface area (Å²) in [5, 5.41) is 5.35. The number of carbonyl (C=O) groups is 1. The SMILES string of the molecule is COC(C)c1nc(CN(C)C(=O)Cc2nc3scc(-c4ccc(C)s4)c3c(=O)[nH]2)cs1. The first kappa shape index (κ1) is 21.8. The van der Waals surface area contributed by atoms with E-state index >= 15 is 0 Å². The first-order valence-corrected chi connectivity index (χ1v) is 12.2. The molecule has 1 unspecified atom stereocenters. The highest BCUT2D eigenvalue weighted by atomic mass is 32.1. The van der Waals surface area contributed by atoms with Crippen molar-refractivity contribution in [2.45, 2.75) is 32.9 Å². The molecule has 0 saturated heterocycles. The standard InChI is InChI=1S/C21H22N4O3S3/c1-11-5-6-15(31-11)14-10-30-21-18(14)19(27)23-16(24-21)7-17(26)25(3)8-13-9-29-20(22-13)12(2)28-4/h5-6,9-10,12H,7-8H2,1-4H3,(H,23,24,27). The Morgan fingerprint density at radius 3 is 2.77 bits per heavy atom. The maximum absolute atomic E-state index is 12.8. The van der Waals surface area contributed by atoms with Gasteiger partial charge in [-0.2, -0.15) is 0 Å². The lowest BCUT2D eigenvalue weighted by molar-refractivity contribution is -0.129. The molecule has 0 bridgehead atoms. The van der Waals surface area contributed by atoms with Gasteiger partial charge in [-0.1, -0.05) is 0 Å². The van der Waals surface area contributed by atoms with Crippen molar-refractivity contribution in [1.82, 2.24) is 19.9 Å². The Morgan fingerprint density at radius 1 is 1.26 bits per heavy atom. The number of aryl methyl sites for hydroxylation is 1. The summed E-state index contributed by atoms with van der Waals surface area (Å²) >= 11 is 4.58. The van der Waals surface area contributed by atoms with Gasteiger partial charge in [-0.15, -0.1) is 34.0 Å². The van der Waals surface area contributed by atoms with E-state index in [1.165, 1.54) is 27.6 Å². The predicted octanol–water partition coefficient (Wildman–Crippen LogP) is 4.39. The summed E-state index contributed by atoms with van der Waals surface area (Å²) in [7, 11) is 3.37. The largest absolute Gasteiger partial charge is 0.375 e. The number of thiophene rings is 2. The van der Waals surface area contributed by atoms with Crippen LogP contribution in [0.4, 0.5) is 0 Å². The van der Waals surface area contributed by atoms with E-state index in [0.717, 1.165) is 21.1 Å². The average Bonchev–Trinajstić information content (AvgIpc) is 3.47. The Balaban J connectivity index is 1.49. The topological polar surface area (TPSA) is 88.2 Å². The van der Waals surface area contributed by atoms with Gasteiger partial charge in [0.1, 0.15) is 21.8 Å². The Bertz CT molecular complexity index is 1290. The fourth-order valence-corrected chi connectivity index (χ4v) is 5.89. The highest BCUT2D eigenvalue weighted by Crippen LogP contribution is 2.35. The van der Waals surface area contributed by atoms with Crippen LogP contribution in [0.25, 0.3) is 20.7 Å². The molecule has 1 atom stereocenters. The third-order valence-electron chi connectivity index (χ3n) is 4.91. The second-order valence-electron chi connectivity index (χ2n) is 7.23. The van der Waals surface area contributed by atoms with Crippen LogP contribution >= 0.6 is 34.0 Å². The molecule has 4 aromatic rings. The molecule has 4 heterocycles. The minimum atomic E-state index is -0.213. The third-order valence-corrected chi connectivity index (χ3v) is 7.87. The van der Waals surface area contributed by atoms with Gasteiger partial charge in [-0.25, -0.2) is 9.97 Å². The molecule has 162 valence electrons. The molecule has 1 amide bonds. The summed E-state index contributed by atoms with van der Waals surface area (Å²) in [6.45, 7) is 4.36. The van der Waals surface area contributed by atoms with E-state index in [2.05, 4.69) is 15.0 Å². The Kier molecular flexibility index (Phi) is 6.33. The molecule has 0 fully saturated rings. The van der Waals surface area contributed by atoms with Crippen molar-refractivity contribution in [3.05, 3.63) is 54.6 Å². The molecule has 0 aliphatic rings. The number of nitrogens with zero attached hydrogens (tertiary/aromatic N) is 3. The number of ether oxygens (including phenoxy) is 1. The third kappa shape index (κ3) is 4.62. The normalized spacial score (nSPS) is 12.4. The summed E-state index contributed by atoms with van der Waals surface area (Å²) in [4.78, 5) is 41.8. The summed E-state index contributed by atoms with van der Waals surface area (Å²) in [5.74, 6) is 0.236. The smallest absolute Gasteiger partial charge is 0.260 e. The molecule has 0 aromatic carbocycles. The molecule has 0 aliphatic carbocycles. The predicted molar refractivity (Wildman–Crippen MR) is 126 cm³/mol. The zero-order valence-electron chi connectivity index (χ0n) is 17.6. The average molecular weight is 475 g/mol. The van der Waals surface area contributed by atoms with Crippen molar-refractivity contribution in [1.29, 1.82) is 0 Å². The highest BCUT2D eigenvalue weighted by molar-refractivity contribution is 7.19. The summed E-state index contributed by atoms with van der Waals surface area (Å²) in [6, 6.07) is 4.06. The van der Waals surface area contributed by atoms with Gasteiger partial charge in [0.15, 0.2) is 0 Å². The van der Waals surface area contributed by atoms with Crippen LogP contribution in [0.15, 0.2) is 27.7 Å². The molecule has 0 saturated carbocycles. The maximum atomic E-state index is 12.8. The quantitative estimate of drug-likeness (QED) is 0.429. The fourth-order valence-electron chi connectivity index (χ4n) is 3.13. The number of methoxy groups -OCH3 is 1. The second-order valence-corrected chi connectivity index (χ2v) is 10.3. The minimum Gasteiger partial charge on any atom is -0.375 e. The number of rotatable bonds is 7. The van der Waals surface area contributed by atoms with Crippen LogP contribution in [-0.4, -0.2) is 39.9 Å². The van der Waals surface area contributed by atoms with Gasteiger partial charge in [-0.3, -0.25) is 9.59 Å². The van der Waals surface area contributed by atoms with Crippen LogP contribution in [0.3, 0.4) is 0 Å². The van der Waals surface area contributed by atoms with E-state index in [4.69, 9.17) is 4.74 Å².